The number of benzene rings is 1. The van der Waals surface area contributed by atoms with E-state index < -0.39 is 0 Å². The standard InChI is InChI=1S/C16H12N4/c1-11-8-12(10-17)9-15(19-11)20-14-6-2-4-13-5-3-7-18-16(13)14/h2-9H,1H3,(H,19,20). The van der Waals surface area contributed by atoms with Gasteiger partial charge >= 0.3 is 0 Å². The van der Waals surface area contributed by atoms with Crippen molar-refractivity contribution >= 4 is 22.4 Å². The van der Waals surface area contributed by atoms with E-state index in [4.69, 9.17) is 5.26 Å². The number of aryl methyl sites for hydroxylation is 1. The summed E-state index contributed by atoms with van der Waals surface area (Å²) in [4.78, 5) is 8.78. The summed E-state index contributed by atoms with van der Waals surface area (Å²) < 4.78 is 0. The molecule has 0 atom stereocenters. The topological polar surface area (TPSA) is 61.6 Å². The molecule has 0 saturated carbocycles. The van der Waals surface area contributed by atoms with Gasteiger partial charge in [-0.2, -0.15) is 5.26 Å². The Bertz CT molecular complexity index is 813. The van der Waals surface area contributed by atoms with E-state index in [0.29, 0.717) is 11.4 Å². The van der Waals surface area contributed by atoms with Crippen LogP contribution in [-0.2, 0) is 0 Å². The largest absolute Gasteiger partial charge is 0.338 e. The van der Waals surface area contributed by atoms with E-state index in [1.807, 2.05) is 37.3 Å². The normalized spacial score (nSPS) is 10.2. The lowest BCUT2D eigenvalue weighted by Gasteiger charge is -2.09. The van der Waals surface area contributed by atoms with Crippen LogP contribution >= 0.6 is 0 Å². The molecule has 3 rings (SSSR count). The number of para-hydroxylation sites is 1. The number of hydrogen-bond donors (Lipinski definition) is 1. The van der Waals surface area contributed by atoms with Crippen molar-refractivity contribution in [2.24, 2.45) is 0 Å². The SMILES string of the molecule is Cc1cc(C#N)cc(Nc2cccc3cccnc23)n1. The summed E-state index contributed by atoms with van der Waals surface area (Å²) in [5, 5.41) is 13.3. The van der Waals surface area contributed by atoms with Crippen LogP contribution in [0, 0.1) is 18.3 Å². The van der Waals surface area contributed by atoms with Crippen LogP contribution in [0.1, 0.15) is 11.3 Å². The fourth-order valence-electron chi connectivity index (χ4n) is 2.14. The highest BCUT2D eigenvalue weighted by Crippen LogP contribution is 2.24. The minimum atomic E-state index is 0.591. The van der Waals surface area contributed by atoms with Gasteiger partial charge in [0.2, 0.25) is 0 Å². The number of hydrogen-bond acceptors (Lipinski definition) is 4. The van der Waals surface area contributed by atoms with Gasteiger partial charge in [-0.05, 0) is 31.2 Å². The Balaban J connectivity index is 2.06. The van der Waals surface area contributed by atoms with Crippen molar-refractivity contribution in [3.63, 3.8) is 0 Å². The molecule has 0 fully saturated rings. The van der Waals surface area contributed by atoms with E-state index in [9.17, 15) is 0 Å². The van der Waals surface area contributed by atoms with Crippen LogP contribution in [0.2, 0.25) is 0 Å². The van der Waals surface area contributed by atoms with Crippen LogP contribution in [0.5, 0.6) is 0 Å². The number of nitrogens with zero attached hydrogens (tertiary/aromatic N) is 3. The monoisotopic (exact) mass is 260 g/mol. The first-order valence-electron chi connectivity index (χ1n) is 6.26. The highest BCUT2D eigenvalue weighted by Gasteiger charge is 2.04. The first-order valence-corrected chi connectivity index (χ1v) is 6.26. The third-order valence-corrected chi connectivity index (χ3v) is 2.98. The summed E-state index contributed by atoms with van der Waals surface area (Å²) in [6, 6.07) is 15.5. The number of fused-ring (bicyclic) bond motifs is 1. The smallest absolute Gasteiger partial charge is 0.131 e. The van der Waals surface area contributed by atoms with Gasteiger partial charge in [-0.25, -0.2) is 4.98 Å². The first-order chi connectivity index (χ1) is 9.76. The number of pyridine rings is 2. The Morgan fingerprint density at radius 2 is 2.00 bits per heavy atom. The van der Waals surface area contributed by atoms with Crippen molar-refractivity contribution in [2.45, 2.75) is 6.92 Å². The van der Waals surface area contributed by atoms with Crippen LogP contribution < -0.4 is 5.32 Å². The maximum absolute atomic E-state index is 9.01. The highest BCUT2D eigenvalue weighted by atomic mass is 15.0. The molecular weight excluding hydrogens is 248 g/mol. The summed E-state index contributed by atoms with van der Waals surface area (Å²) >= 11 is 0. The molecular formula is C16H12N4. The molecule has 0 spiro atoms. The second-order valence-electron chi connectivity index (χ2n) is 4.50. The van der Waals surface area contributed by atoms with Gasteiger partial charge in [-0.1, -0.05) is 18.2 Å². The molecule has 1 aromatic carbocycles. The van der Waals surface area contributed by atoms with Gasteiger partial charge in [-0.15, -0.1) is 0 Å². The zero-order valence-electron chi connectivity index (χ0n) is 11.0. The number of nitriles is 1. The molecule has 0 aliphatic carbocycles. The fourth-order valence-corrected chi connectivity index (χ4v) is 2.14. The average Bonchev–Trinajstić information content (AvgIpc) is 2.47. The van der Waals surface area contributed by atoms with E-state index in [-0.39, 0.29) is 0 Å². The molecule has 0 aliphatic heterocycles. The second-order valence-corrected chi connectivity index (χ2v) is 4.50. The molecule has 0 bridgehead atoms. The Labute approximate surface area is 116 Å². The Hall–Kier alpha value is -2.93. The van der Waals surface area contributed by atoms with Gasteiger partial charge in [0, 0.05) is 17.3 Å². The lowest BCUT2D eigenvalue weighted by Crippen LogP contribution is -1.97. The van der Waals surface area contributed by atoms with E-state index >= 15 is 0 Å². The van der Waals surface area contributed by atoms with Gasteiger partial charge < -0.3 is 5.32 Å². The lowest BCUT2D eigenvalue weighted by molar-refractivity contribution is 1.19. The van der Waals surface area contributed by atoms with Gasteiger partial charge in [0.1, 0.15) is 5.82 Å². The Kier molecular flexibility index (Phi) is 3.02. The van der Waals surface area contributed by atoms with E-state index in [1.165, 1.54) is 0 Å². The summed E-state index contributed by atoms with van der Waals surface area (Å²) in [5.74, 6) is 0.653. The summed E-state index contributed by atoms with van der Waals surface area (Å²) in [6.07, 6.45) is 1.76. The zero-order chi connectivity index (χ0) is 13.9. The average molecular weight is 260 g/mol. The molecule has 4 nitrogen and oxygen atoms in total. The van der Waals surface area contributed by atoms with Crippen LogP contribution in [0.15, 0.2) is 48.7 Å². The third-order valence-electron chi connectivity index (χ3n) is 2.98. The molecule has 96 valence electrons. The van der Waals surface area contributed by atoms with Gasteiger partial charge in [0.15, 0.2) is 0 Å². The lowest BCUT2D eigenvalue weighted by atomic mass is 10.2. The molecule has 0 saturated heterocycles. The number of nitrogens with one attached hydrogen (secondary N) is 1. The van der Waals surface area contributed by atoms with Gasteiger partial charge in [0.25, 0.3) is 0 Å². The minimum absolute atomic E-state index is 0.591. The molecule has 20 heavy (non-hydrogen) atoms. The fraction of sp³-hybridized carbons (Fsp3) is 0.0625. The number of anilines is 2. The van der Waals surface area contributed by atoms with E-state index in [0.717, 1.165) is 22.3 Å². The van der Waals surface area contributed by atoms with Crippen LogP contribution in [0.25, 0.3) is 10.9 Å². The summed E-state index contributed by atoms with van der Waals surface area (Å²) in [6.45, 7) is 1.87. The molecule has 0 aliphatic rings. The Morgan fingerprint density at radius 1 is 1.15 bits per heavy atom. The molecule has 2 aromatic heterocycles. The minimum Gasteiger partial charge on any atom is -0.338 e. The second kappa shape index (κ2) is 4.98. The third kappa shape index (κ3) is 2.29. The molecule has 0 amide bonds. The number of aromatic nitrogens is 2. The molecule has 0 unspecified atom stereocenters. The predicted molar refractivity (Wildman–Crippen MR) is 78.7 cm³/mol. The van der Waals surface area contributed by atoms with Crippen LogP contribution in [-0.4, -0.2) is 9.97 Å². The maximum Gasteiger partial charge on any atom is 0.131 e. The zero-order valence-corrected chi connectivity index (χ0v) is 11.0. The summed E-state index contributed by atoms with van der Waals surface area (Å²) in [5.41, 5.74) is 3.16. The Morgan fingerprint density at radius 3 is 2.85 bits per heavy atom. The summed E-state index contributed by atoms with van der Waals surface area (Å²) in [7, 11) is 0. The van der Waals surface area contributed by atoms with Crippen molar-refractivity contribution in [2.75, 3.05) is 5.32 Å². The predicted octanol–water partition coefficient (Wildman–Crippen LogP) is 3.55. The van der Waals surface area contributed by atoms with Crippen molar-refractivity contribution in [1.82, 2.24) is 9.97 Å². The van der Waals surface area contributed by atoms with Crippen molar-refractivity contribution < 1.29 is 0 Å². The van der Waals surface area contributed by atoms with Crippen molar-refractivity contribution in [3.05, 3.63) is 59.9 Å². The van der Waals surface area contributed by atoms with Gasteiger partial charge in [-0.3, -0.25) is 4.98 Å². The van der Waals surface area contributed by atoms with E-state index in [2.05, 4.69) is 21.4 Å². The maximum atomic E-state index is 9.01. The van der Waals surface area contributed by atoms with Crippen LogP contribution in [0.4, 0.5) is 11.5 Å². The quantitative estimate of drug-likeness (QED) is 0.765. The first kappa shape index (κ1) is 12.1. The molecule has 3 aromatic rings. The van der Waals surface area contributed by atoms with E-state index in [1.54, 1.807) is 18.3 Å². The van der Waals surface area contributed by atoms with Gasteiger partial charge in [0.05, 0.1) is 22.8 Å². The highest BCUT2D eigenvalue weighted by molar-refractivity contribution is 5.91. The molecule has 2 heterocycles. The van der Waals surface area contributed by atoms with Crippen molar-refractivity contribution in [1.29, 1.82) is 5.26 Å². The molecule has 1 N–H and O–H groups in total. The molecule has 0 radical (unpaired) electrons. The van der Waals surface area contributed by atoms with Crippen molar-refractivity contribution in [3.8, 4) is 6.07 Å². The van der Waals surface area contributed by atoms with Crippen LogP contribution in [0.3, 0.4) is 0 Å². The molecule has 4 heteroatoms. The number of rotatable bonds is 2.